The molecular weight excluding hydrogens is 292 g/mol. The number of fused-ring (bicyclic) bond motifs is 1. The number of carbonyl (C=O) groups excluding carboxylic acids is 1. The lowest BCUT2D eigenvalue weighted by molar-refractivity contribution is -0.134. The summed E-state index contributed by atoms with van der Waals surface area (Å²) >= 11 is 0. The Morgan fingerprint density at radius 1 is 1.22 bits per heavy atom. The van der Waals surface area contributed by atoms with Crippen LogP contribution in [0, 0.1) is 20.8 Å². The Labute approximate surface area is 135 Å². The number of hydrogen-bond donors (Lipinski definition) is 3. The fraction of sp³-hybridized carbons (Fsp3) is 0.353. The second-order valence-electron chi connectivity index (χ2n) is 5.87. The molecule has 0 aliphatic carbocycles. The Balaban J connectivity index is 1.75. The van der Waals surface area contributed by atoms with E-state index in [1.54, 1.807) is 12.1 Å². The summed E-state index contributed by atoms with van der Waals surface area (Å²) in [5, 5.41) is 16.7. The van der Waals surface area contributed by atoms with Gasteiger partial charge in [0.2, 0.25) is 0 Å². The Morgan fingerprint density at radius 3 is 2.74 bits per heavy atom. The summed E-state index contributed by atoms with van der Waals surface area (Å²) in [6.45, 7) is 6.15. The maximum Gasteiger partial charge on any atom is 0.261 e. The van der Waals surface area contributed by atoms with Crippen LogP contribution in [0.5, 0.6) is 0 Å². The maximum absolute atomic E-state index is 12.2. The van der Waals surface area contributed by atoms with Crippen molar-refractivity contribution in [1.82, 2.24) is 9.97 Å². The molecule has 6 nitrogen and oxygen atoms in total. The number of carbonyl (C=O) groups is 1. The van der Waals surface area contributed by atoms with Gasteiger partial charge in [0.05, 0.1) is 0 Å². The largest absolute Gasteiger partial charge is 0.375 e. The highest BCUT2D eigenvalue weighted by Gasteiger charge is 2.44. The molecule has 1 aliphatic rings. The molecule has 1 atom stereocenters. The molecule has 23 heavy (non-hydrogen) atoms. The molecule has 3 rings (SSSR count). The van der Waals surface area contributed by atoms with Crippen LogP contribution in [-0.2, 0) is 10.4 Å². The maximum atomic E-state index is 12.2. The van der Waals surface area contributed by atoms with E-state index in [1.165, 1.54) is 0 Å². The van der Waals surface area contributed by atoms with Gasteiger partial charge in [-0.2, -0.15) is 0 Å². The van der Waals surface area contributed by atoms with Gasteiger partial charge >= 0.3 is 0 Å². The van der Waals surface area contributed by atoms with Crippen molar-refractivity contribution < 1.29 is 9.90 Å². The molecule has 2 heterocycles. The molecule has 1 amide bonds. The fourth-order valence-electron chi connectivity index (χ4n) is 2.85. The van der Waals surface area contributed by atoms with Gasteiger partial charge in [-0.25, -0.2) is 9.97 Å². The summed E-state index contributed by atoms with van der Waals surface area (Å²) in [5.74, 6) is 1.05. The van der Waals surface area contributed by atoms with Gasteiger partial charge in [-0.3, -0.25) is 4.79 Å². The average molecular weight is 312 g/mol. The molecule has 0 saturated carbocycles. The summed E-state index contributed by atoms with van der Waals surface area (Å²) in [5.41, 5.74) is 1.68. The van der Waals surface area contributed by atoms with E-state index < -0.39 is 5.60 Å². The molecule has 0 spiro atoms. The molecule has 120 valence electrons. The van der Waals surface area contributed by atoms with Gasteiger partial charge in [0, 0.05) is 35.5 Å². The highest BCUT2D eigenvalue weighted by molar-refractivity contribution is 6.04. The molecule has 1 aromatic heterocycles. The predicted octanol–water partition coefficient (Wildman–Crippen LogP) is 2.04. The number of hydrogen-bond acceptors (Lipinski definition) is 5. The van der Waals surface area contributed by atoms with Gasteiger partial charge in [0.15, 0.2) is 5.60 Å². The number of benzene rings is 1. The molecule has 1 unspecified atom stereocenters. The minimum atomic E-state index is -1.51. The monoisotopic (exact) mass is 312 g/mol. The van der Waals surface area contributed by atoms with Crippen molar-refractivity contribution in [2.24, 2.45) is 0 Å². The fourth-order valence-corrected chi connectivity index (χ4v) is 2.85. The van der Waals surface area contributed by atoms with E-state index in [-0.39, 0.29) is 12.3 Å². The molecule has 2 aromatic rings. The number of rotatable bonds is 4. The molecule has 0 saturated heterocycles. The van der Waals surface area contributed by atoms with E-state index in [2.05, 4.69) is 20.6 Å². The van der Waals surface area contributed by atoms with Crippen molar-refractivity contribution in [3.63, 3.8) is 0 Å². The van der Waals surface area contributed by atoms with Gasteiger partial charge in [-0.1, -0.05) is 18.2 Å². The molecule has 0 radical (unpaired) electrons. The minimum Gasteiger partial charge on any atom is -0.375 e. The molecule has 3 N–H and O–H groups in total. The number of para-hydroxylation sites is 1. The van der Waals surface area contributed by atoms with Crippen LogP contribution in [0.15, 0.2) is 24.3 Å². The van der Waals surface area contributed by atoms with E-state index in [0.29, 0.717) is 23.6 Å². The van der Waals surface area contributed by atoms with Gasteiger partial charge in [0.25, 0.3) is 5.91 Å². The average Bonchev–Trinajstić information content (AvgIpc) is 2.76. The van der Waals surface area contributed by atoms with Gasteiger partial charge in [-0.15, -0.1) is 0 Å². The van der Waals surface area contributed by atoms with Crippen LogP contribution in [-0.4, -0.2) is 27.5 Å². The van der Waals surface area contributed by atoms with Crippen molar-refractivity contribution in [3.8, 4) is 0 Å². The molecule has 1 aromatic carbocycles. The normalized spacial score (nSPS) is 19.4. The Hall–Kier alpha value is -2.47. The van der Waals surface area contributed by atoms with Crippen LogP contribution in [0.25, 0.3) is 0 Å². The third kappa shape index (κ3) is 2.66. The van der Waals surface area contributed by atoms with Crippen molar-refractivity contribution in [2.75, 3.05) is 17.2 Å². The van der Waals surface area contributed by atoms with Crippen LogP contribution in [0.3, 0.4) is 0 Å². The zero-order valence-corrected chi connectivity index (χ0v) is 13.5. The zero-order chi connectivity index (χ0) is 16.6. The van der Waals surface area contributed by atoms with Crippen LogP contribution in [0.2, 0.25) is 0 Å². The first-order valence-corrected chi connectivity index (χ1v) is 7.61. The topological polar surface area (TPSA) is 87.1 Å². The Bertz CT molecular complexity index is 775. The SMILES string of the molecule is Cc1nc(C)c(C)c(NCCC2(O)C(=O)Nc3ccccc32)n1. The minimum absolute atomic E-state index is 0.261. The Morgan fingerprint density at radius 2 is 1.96 bits per heavy atom. The second-order valence-corrected chi connectivity index (χ2v) is 5.87. The Kier molecular flexibility index (Phi) is 3.77. The van der Waals surface area contributed by atoms with E-state index in [1.807, 2.05) is 32.9 Å². The van der Waals surface area contributed by atoms with Crippen LogP contribution >= 0.6 is 0 Å². The van der Waals surface area contributed by atoms with E-state index in [4.69, 9.17) is 0 Å². The molecule has 6 heteroatoms. The third-order valence-electron chi connectivity index (χ3n) is 4.28. The first-order valence-electron chi connectivity index (χ1n) is 7.61. The molecule has 0 fully saturated rings. The number of aliphatic hydroxyl groups is 1. The summed E-state index contributed by atoms with van der Waals surface area (Å²) in [6, 6.07) is 7.22. The number of anilines is 2. The number of nitrogens with zero attached hydrogens (tertiary/aromatic N) is 2. The van der Waals surface area contributed by atoms with Gasteiger partial charge < -0.3 is 15.7 Å². The lowest BCUT2D eigenvalue weighted by Gasteiger charge is -2.21. The summed E-state index contributed by atoms with van der Waals surface area (Å²) in [6.07, 6.45) is 0.261. The number of nitrogens with one attached hydrogen (secondary N) is 2. The molecular formula is C17H20N4O2. The van der Waals surface area contributed by atoms with Crippen LogP contribution < -0.4 is 10.6 Å². The van der Waals surface area contributed by atoms with Crippen molar-refractivity contribution in [3.05, 3.63) is 46.9 Å². The highest BCUT2D eigenvalue weighted by atomic mass is 16.3. The van der Waals surface area contributed by atoms with Gasteiger partial charge in [0.1, 0.15) is 11.6 Å². The quantitative estimate of drug-likeness (QED) is 0.804. The van der Waals surface area contributed by atoms with Gasteiger partial charge in [-0.05, 0) is 26.8 Å². The van der Waals surface area contributed by atoms with E-state index >= 15 is 0 Å². The zero-order valence-electron chi connectivity index (χ0n) is 13.5. The van der Waals surface area contributed by atoms with Crippen molar-refractivity contribution in [2.45, 2.75) is 32.8 Å². The van der Waals surface area contributed by atoms with Crippen LogP contribution in [0.4, 0.5) is 11.5 Å². The van der Waals surface area contributed by atoms with Crippen molar-refractivity contribution in [1.29, 1.82) is 0 Å². The number of amides is 1. The van der Waals surface area contributed by atoms with E-state index in [0.717, 1.165) is 17.1 Å². The first-order chi connectivity index (χ1) is 10.9. The molecule has 0 bridgehead atoms. The summed E-state index contributed by atoms with van der Waals surface area (Å²) < 4.78 is 0. The van der Waals surface area contributed by atoms with E-state index in [9.17, 15) is 9.90 Å². The third-order valence-corrected chi connectivity index (χ3v) is 4.28. The lowest BCUT2D eigenvalue weighted by Crippen LogP contribution is -2.36. The summed E-state index contributed by atoms with van der Waals surface area (Å²) in [4.78, 5) is 20.8. The highest BCUT2D eigenvalue weighted by Crippen LogP contribution is 2.37. The number of aryl methyl sites for hydroxylation is 2. The van der Waals surface area contributed by atoms with Crippen molar-refractivity contribution >= 4 is 17.4 Å². The first kappa shape index (κ1) is 15.4. The predicted molar refractivity (Wildman–Crippen MR) is 88.3 cm³/mol. The smallest absolute Gasteiger partial charge is 0.261 e. The number of aromatic nitrogens is 2. The standard InChI is InChI=1S/C17H20N4O2/c1-10-11(2)19-12(3)20-15(10)18-9-8-17(23)13-6-4-5-7-14(13)21-16(17)22/h4-7,23H,8-9H2,1-3H3,(H,21,22)(H,18,19,20). The summed E-state index contributed by atoms with van der Waals surface area (Å²) in [7, 11) is 0. The lowest BCUT2D eigenvalue weighted by atomic mass is 9.92. The molecule has 1 aliphatic heterocycles. The second kappa shape index (κ2) is 5.62. The van der Waals surface area contributed by atoms with Crippen LogP contribution in [0.1, 0.15) is 29.1 Å².